The van der Waals surface area contributed by atoms with Crippen molar-refractivity contribution in [2.45, 2.75) is 83.1 Å². The van der Waals surface area contributed by atoms with E-state index in [1.165, 1.54) is 6.42 Å². The number of hydrogen-bond acceptors (Lipinski definition) is 14. The zero-order valence-electron chi connectivity index (χ0n) is 41.0. The van der Waals surface area contributed by atoms with Crippen molar-refractivity contribution in [3.8, 4) is 17.2 Å². The molecule has 5 aliphatic rings. The van der Waals surface area contributed by atoms with Crippen LogP contribution in [0.1, 0.15) is 55.7 Å². The molecule has 3 aromatic carbocycles. The molecule has 4 unspecified atom stereocenters. The molecule has 2 bridgehead atoms. The van der Waals surface area contributed by atoms with E-state index in [1.54, 1.807) is 12.0 Å². The van der Waals surface area contributed by atoms with Gasteiger partial charge in [-0.25, -0.2) is 0 Å². The van der Waals surface area contributed by atoms with Crippen molar-refractivity contribution < 1.29 is 47.5 Å². The minimum atomic E-state index is -0.363. The Labute approximate surface area is 412 Å². The molecule has 1 aliphatic carbocycles. The lowest BCUT2D eigenvalue weighted by atomic mass is 9.83. The number of aliphatic imine (C=N–C) groups is 1. The number of para-hydroxylation sites is 2. The maximum absolute atomic E-state index is 13.9. The lowest BCUT2D eigenvalue weighted by Crippen LogP contribution is -2.56. The first-order chi connectivity index (χ1) is 34.3. The minimum absolute atomic E-state index is 0.0230. The molecule has 0 radical (unpaired) electrons. The first-order valence-electron chi connectivity index (χ1n) is 25.0. The highest BCUT2D eigenvalue weighted by atomic mass is 16.6. The van der Waals surface area contributed by atoms with Crippen molar-refractivity contribution in [1.82, 2.24) is 20.0 Å². The number of rotatable bonds is 24. The SMILES string of the molecule is CCOc1ccccc1N1C(=O)C2C=CC=CC2N=C1CN1CCN(C(=O)COc2ccc(CNCOCCOCCOCN3C4CCCC3CC(OC(=O)Cc3cc(C)ccc3OC)C4)cc2)CC1. The van der Waals surface area contributed by atoms with E-state index in [4.69, 9.17) is 38.2 Å². The maximum atomic E-state index is 13.9. The smallest absolute Gasteiger partial charge is 0.310 e. The number of benzene rings is 3. The number of carbonyl (C=O) groups is 3. The summed E-state index contributed by atoms with van der Waals surface area (Å²) >= 11 is 0. The fourth-order valence-electron chi connectivity index (χ4n) is 10.0. The van der Waals surface area contributed by atoms with E-state index in [-0.39, 0.29) is 48.9 Å². The third-order valence-corrected chi connectivity index (χ3v) is 13.6. The lowest BCUT2D eigenvalue weighted by Gasteiger charge is -2.48. The van der Waals surface area contributed by atoms with Crippen LogP contribution in [0.5, 0.6) is 17.2 Å². The summed E-state index contributed by atoms with van der Waals surface area (Å²) in [4.78, 5) is 53.3. The Morgan fingerprint density at radius 2 is 1.57 bits per heavy atom. The van der Waals surface area contributed by atoms with Gasteiger partial charge in [0.25, 0.3) is 5.91 Å². The molecule has 4 aliphatic heterocycles. The van der Waals surface area contributed by atoms with Gasteiger partial charge >= 0.3 is 5.97 Å². The van der Waals surface area contributed by atoms with E-state index in [9.17, 15) is 14.4 Å². The summed E-state index contributed by atoms with van der Waals surface area (Å²) in [5.41, 5.74) is 3.70. The molecule has 4 heterocycles. The van der Waals surface area contributed by atoms with Gasteiger partial charge in [0.1, 0.15) is 29.2 Å². The van der Waals surface area contributed by atoms with Crippen molar-refractivity contribution in [2.75, 3.05) is 97.8 Å². The number of nitrogens with zero attached hydrogens (tertiary/aromatic N) is 5. The molecular formula is C54H70N6O10. The van der Waals surface area contributed by atoms with Crippen LogP contribution in [0.3, 0.4) is 0 Å². The molecule has 1 N–H and O–H groups in total. The van der Waals surface area contributed by atoms with E-state index >= 15 is 0 Å². The summed E-state index contributed by atoms with van der Waals surface area (Å²) in [6.45, 7) is 10.7. The van der Waals surface area contributed by atoms with Crippen LogP contribution in [0.25, 0.3) is 0 Å². The Morgan fingerprint density at radius 1 is 0.829 bits per heavy atom. The average Bonchev–Trinajstić information content (AvgIpc) is 3.36. The normalized spacial score (nSPS) is 22.4. The number of hydrogen-bond donors (Lipinski definition) is 1. The Morgan fingerprint density at radius 3 is 2.34 bits per heavy atom. The quantitative estimate of drug-likeness (QED) is 0.0664. The molecule has 0 aromatic heterocycles. The van der Waals surface area contributed by atoms with Crippen LogP contribution in [0.4, 0.5) is 5.69 Å². The van der Waals surface area contributed by atoms with E-state index in [0.717, 1.165) is 42.4 Å². The van der Waals surface area contributed by atoms with Gasteiger partial charge in [0, 0.05) is 63.2 Å². The van der Waals surface area contributed by atoms with Gasteiger partial charge < -0.3 is 38.1 Å². The monoisotopic (exact) mass is 963 g/mol. The predicted octanol–water partition coefficient (Wildman–Crippen LogP) is 5.71. The molecule has 3 aromatic rings. The van der Waals surface area contributed by atoms with Crippen LogP contribution in [0, 0.1) is 12.8 Å². The summed E-state index contributed by atoms with van der Waals surface area (Å²) in [7, 11) is 1.62. The molecule has 2 amide bonds. The van der Waals surface area contributed by atoms with Crippen molar-refractivity contribution in [3.05, 3.63) is 108 Å². The molecule has 0 spiro atoms. The Hall–Kier alpha value is -5.62. The van der Waals surface area contributed by atoms with Gasteiger partial charge in [0.15, 0.2) is 6.61 Å². The zero-order valence-corrected chi connectivity index (χ0v) is 41.0. The summed E-state index contributed by atoms with van der Waals surface area (Å²) < 4.78 is 40.8. The molecule has 70 heavy (non-hydrogen) atoms. The molecule has 3 fully saturated rings. The number of aryl methyl sites for hydroxylation is 1. The van der Waals surface area contributed by atoms with E-state index in [0.29, 0.717) is 127 Å². The van der Waals surface area contributed by atoms with Gasteiger partial charge in [-0.1, -0.05) is 72.7 Å². The first-order valence-corrected chi connectivity index (χ1v) is 25.0. The number of amidine groups is 1. The average molecular weight is 963 g/mol. The molecule has 4 atom stereocenters. The summed E-state index contributed by atoms with van der Waals surface area (Å²) in [6.07, 6.45) is 12.9. The number of ether oxygens (including phenoxy) is 7. The van der Waals surface area contributed by atoms with E-state index in [1.807, 2.05) is 110 Å². The zero-order chi connectivity index (χ0) is 48.7. The van der Waals surface area contributed by atoms with Crippen LogP contribution in [-0.4, -0.2) is 155 Å². The predicted molar refractivity (Wildman–Crippen MR) is 266 cm³/mol. The number of amides is 2. The van der Waals surface area contributed by atoms with Crippen molar-refractivity contribution in [2.24, 2.45) is 10.9 Å². The summed E-state index contributed by atoms with van der Waals surface area (Å²) in [6, 6.07) is 21.6. The Bertz CT molecular complexity index is 2280. The second-order valence-electron chi connectivity index (χ2n) is 18.5. The molecular weight excluding hydrogens is 893 g/mol. The van der Waals surface area contributed by atoms with Crippen LogP contribution in [-0.2, 0) is 46.3 Å². The van der Waals surface area contributed by atoms with Crippen LogP contribution in [0.2, 0.25) is 0 Å². The molecule has 0 saturated carbocycles. The molecule has 3 saturated heterocycles. The van der Waals surface area contributed by atoms with Gasteiger partial charge in [-0.05, 0) is 62.6 Å². The number of esters is 1. The molecule has 8 rings (SSSR count). The number of carbonyl (C=O) groups excluding carboxylic acids is 3. The van der Waals surface area contributed by atoms with Crippen molar-refractivity contribution >= 4 is 29.3 Å². The van der Waals surface area contributed by atoms with Gasteiger partial charge in [-0.2, -0.15) is 0 Å². The number of fused-ring (bicyclic) bond motifs is 3. The number of anilines is 1. The van der Waals surface area contributed by atoms with E-state index in [2.05, 4.69) is 15.1 Å². The van der Waals surface area contributed by atoms with Crippen LogP contribution < -0.4 is 24.4 Å². The van der Waals surface area contributed by atoms with Gasteiger partial charge in [-0.3, -0.25) is 39.4 Å². The fourth-order valence-corrected chi connectivity index (χ4v) is 10.0. The van der Waals surface area contributed by atoms with Crippen molar-refractivity contribution in [1.29, 1.82) is 0 Å². The molecule has 16 nitrogen and oxygen atoms in total. The summed E-state index contributed by atoms with van der Waals surface area (Å²) in [5, 5.41) is 3.29. The van der Waals surface area contributed by atoms with Crippen LogP contribution >= 0.6 is 0 Å². The Kier molecular flexibility index (Phi) is 18.5. The molecule has 376 valence electrons. The Balaban J connectivity index is 0.658. The molecule has 16 heteroatoms. The second-order valence-corrected chi connectivity index (χ2v) is 18.5. The largest absolute Gasteiger partial charge is 0.496 e. The van der Waals surface area contributed by atoms with Gasteiger partial charge in [0.05, 0.1) is 84.2 Å². The first kappa shape index (κ1) is 50.8. The highest BCUT2D eigenvalue weighted by Crippen LogP contribution is 2.37. The highest BCUT2D eigenvalue weighted by molar-refractivity contribution is 6.21. The van der Waals surface area contributed by atoms with Crippen molar-refractivity contribution in [3.63, 3.8) is 0 Å². The third-order valence-electron chi connectivity index (χ3n) is 13.6. The minimum Gasteiger partial charge on any atom is -0.496 e. The van der Waals surface area contributed by atoms with Gasteiger partial charge in [0.2, 0.25) is 5.91 Å². The maximum Gasteiger partial charge on any atom is 0.310 e. The van der Waals surface area contributed by atoms with Crippen LogP contribution in [0.15, 0.2) is 96.0 Å². The summed E-state index contributed by atoms with van der Waals surface area (Å²) in [5.74, 6) is 2.02. The number of nitrogens with one attached hydrogen (secondary N) is 1. The lowest BCUT2D eigenvalue weighted by molar-refractivity contribution is -0.157. The fraction of sp³-hybridized carbons (Fsp3) is 0.519. The standard InChI is InChI=1S/C54H70N6O10/c1-4-68-50-15-8-7-14-48(50)60-51(56-47-13-6-5-12-46(47)54(60)63)35-57-22-24-58(25-23-57)52(61)36-69-44-19-17-40(18-20-44)34-55-37-66-28-26-65-27-29-67-38-59-42-10-9-11-43(59)33-45(32-42)70-53(62)31-41-30-39(2)16-21-49(41)64-3/h5-8,12-21,30,42-43,45-47,55H,4,9-11,22-29,31-38H2,1-3H3. The van der Waals surface area contributed by atoms with E-state index < -0.39 is 0 Å². The highest BCUT2D eigenvalue weighted by Gasteiger charge is 2.41. The number of piperidine rings is 2. The number of piperazine rings is 1. The number of methoxy groups -OCH3 is 1. The topological polar surface area (TPSA) is 153 Å². The number of allylic oxidation sites excluding steroid dienone is 2. The second kappa shape index (κ2) is 25.5. The van der Waals surface area contributed by atoms with Gasteiger partial charge in [-0.15, -0.1) is 0 Å². The third kappa shape index (κ3) is 13.6.